The number of benzene rings is 2. The summed E-state index contributed by atoms with van der Waals surface area (Å²) < 4.78 is 0. The van der Waals surface area contributed by atoms with E-state index in [0.29, 0.717) is 12.1 Å². The predicted molar refractivity (Wildman–Crippen MR) is 82.8 cm³/mol. The highest BCUT2D eigenvalue weighted by atomic mass is 16.3. The predicted octanol–water partition coefficient (Wildman–Crippen LogP) is 1.74. The quantitative estimate of drug-likeness (QED) is 0.903. The summed E-state index contributed by atoms with van der Waals surface area (Å²) >= 11 is 0. The number of carbonyl (C=O) groups excluding carboxylic acids is 1. The van der Waals surface area contributed by atoms with Gasteiger partial charge in [-0.1, -0.05) is 60.7 Å². The summed E-state index contributed by atoms with van der Waals surface area (Å²) in [5, 5.41) is 20.7. The third kappa shape index (κ3) is 2.89. The fourth-order valence-electron chi connectivity index (χ4n) is 2.95. The fourth-order valence-corrected chi connectivity index (χ4v) is 2.95. The summed E-state index contributed by atoms with van der Waals surface area (Å²) in [6.45, 7) is 0.705. The van der Waals surface area contributed by atoms with Crippen molar-refractivity contribution in [2.24, 2.45) is 5.92 Å². The molecule has 1 aliphatic rings. The lowest BCUT2D eigenvalue weighted by Crippen LogP contribution is -2.30. The van der Waals surface area contributed by atoms with E-state index in [1.807, 2.05) is 48.5 Å². The molecule has 0 aromatic heterocycles. The van der Waals surface area contributed by atoms with Gasteiger partial charge >= 0.3 is 0 Å². The van der Waals surface area contributed by atoms with Crippen molar-refractivity contribution in [2.75, 3.05) is 6.54 Å². The lowest BCUT2D eigenvalue weighted by atomic mass is 9.93. The van der Waals surface area contributed by atoms with Crippen LogP contribution in [-0.2, 0) is 11.3 Å². The Morgan fingerprint density at radius 3 is 2.27 bits per heavy atom. The summed E-state index contributed by atoms with van der Waals surface area (Å²) in [6.07, 6.45) is -1.84. The van der Waals surface area contributed by atoms with E-state index in [4.69, 9.17) is 0 Å². The van der Waals surface area contributed by atoms with Gasteiger partial charge < -0.3 is 15.1 Å². The van der Waals surface area contributed by atoms with Gasteiger partial charge in [-0.2, -0.15) is 0 Å². The van der Waals surface area contributed by atoms with Crippen LogP contribution in [-0.4, -0.2) is 33.7 Å². The van der Waals surface area contributed by atoms with Crippen LogP contribution in [0.5, 0.6) is 0 Å². The second kappa shape index (κ2) is 6.30. The van der Waals surface area contributed by atoms with E-state index in [0.717, 1.165) is 5.56 Å². The molecule has 2 N–H and O–H groups in total. The first-order valence-corrected chi connectivity index (χ1v) is 7.40. The Balaban J connectivity index is 1.75. The lowest BCUT2D eigenvalue weighted by Gasteiger charge is -2.20. The van der Waals surface area contributed by atoms with Crippen molar-refractivity contribution in [1.29, 1.82) is 0 Å². The molecule has 0 aliphatic carbocycles. The molecule has 0 unspecified atom stereocenters. The molecule has 1 saturated heterocycles. The molecule has 4 nitrogen and oxygen atoms in total. The van der Waals surface area contributed by atoms with Gasteiger partial charge in [0.2, 0.25) is 5.91 Å². The number of carbonyl (C=O) groups is 1. The Bertz CT molecular complexity index is 629. The summed E-state index contributed by atoms with van der Waals surface area (Å²) in [5.74, 6) is -1.00. The van der Waals surface area contributed by atoms with E-state index in [1.54, 1.807) is 17.0 Å². The number of hydrogen-bond donors (Lipinski definition) is 2. The van der Waals surface area contributed by atoms with Crippen molar-refractivity contribution in [1.82, 2.24) is 4.90 Å². The van der Waals surface area contributed by atoms with Gasteiger partial charge in [0, 0.05) is 13.1 Å². The molecule has 2 aromatic carbocycles. The number of aliphatic hydroxyl groups excluding tert-OH is 2. The zero-order chi connectivity index (χ0) is 15.5. The van der Waals surface area contributed by atoms with E-state index in [1.165, 1.54) is 0 Å². The highest BCUT2D eigenvalue weighted by Gasteiger charge is 2.43. The van der Waals surface area contributed by atoms with E-state index in [-0.39, 0.29) is 12.5 Å². The SMILES string of the molecule is O=C1[C@@H]([C@@H](O)c2ccccc2)[C@H](O)CN1Cc1ccccc1. The van der Waals surface area contributed by atoms with Gasteiger partial charge in [0.15, 0.2) is 0 Å². The average molecular weight is 297 g/mol. The van der Waals surface area contributed by atoms with Gasteiger partial charge in [-0.25, -0.2) is 0 Å². The van der Waals surface area contributed by atoms with E-state index in [9.17, 15) is 15.0 Å². The number of likely N-dealkylation sites (tertiary alicyclic amines) is 1. The Labute approximate surface area is 129 Å². The average Bonchev–Trinajstić information content (AvgIpc) is 2.82. The van der Waals surface area contributed by atoms with Crippen LogP contribution in [0.4, 0.5) is 0 Å². The minimum Gasteiger partial charge on any atom is -0.390 e. The third-order valence-corrected chi connectivity index (χ3v) is 4.12. The molecule has 1 aliphatic heterocycles. The Hall–Kier alpha value is -2.17. The van der Waals surface area contributed by atoms with Crippen molar-refractivity contribution in [2.45, 2.75) is 18.8 Å². The van der Waals surface area contributed by atoms with Crippen LogP contribution in [0, 0.1) is 5.92 Å². The first kappa shape index (κ1) is 14.8. The van der Waals surface area contributed by atoms with Gasteiger partial charge in [0.05, 0.1) is 18.1 Å². The highest BCUT2D eigenvalue weighted by Crippen LogP contribution is 2.32. The fraction of sp³-hybridized carbons (Fsp3) is 0.278. The molecule has 1 fully saturated rings. The maximum absolute atomic E-state index is 12.5. The molecule has 0 spiro atoms. The molecular weight excluding hydrogens is 278 g/mol. The van der Waals surface area contributed by atoms with Crippen LogP contribution < -0.4 is 0 Å². The molecule has 0 radical (unpaired) electrons. The van der Waals surface area contributed by atoms with Crippen LogP contribution in [0.3, 0.4) is 0 Å². The summed E-state index contributed by atoms with van der Waals surface area (Å²) in [4.78, 5) is 14.1. The molecule has 1 amide bonds. The van der Waals surface area contributed by atoms with Crippen molar-refractivity contribution >= 4 is 5.91 Å². The second-order valence-electron chi connectivity index (χ2n) is 5.65. The van der Waals surface area contributed by atoms with Crippen molar-refractivity contribution < 1.29 is 15.0 Å². The Morgan fingerprint density at radius 1 is 1.05 bits per heavy atom. The molecule has 3 atom stereocenters. The molecule has 3 rings (SSSR count). The number of hydrogen-bond acceptors (Lipinski definition) is 3. The number of β-amino-alcohol motifs (C(OH)–C–C–N with tert-alkyl or cyclic N) is 1. The standard InChI is InChI=1S/C18H19NO3/c20-15-12-19(11-13-7-3-1-4-8-13)18(22)16(15)17(21)14-9-5-2-6-10-14/h1-10,15-17,20-21H,11-12H2/t15-,16-,17+/m1/s1. The van der Waals surface area contributed by atoms with Gasteiger partial charge in [-0.3, -0.25) is 4.79 Å². The van der Waals surface area contributed by atoms with E-state index in [2.05, 4.69) is 0 Å². The van der Waals surface area contributed by atoms with Crippen LogP contribution in [0.25, 0.3) is 0 Å². The topological polar surface area (TPSA) is 60.8 Å². The van der Waals surface area contributed by atoms with Gasteiger partial charge in [-0.05, 0) is 11.1 Å². The summed E-state index contributed by atoms with van der Waals surface area (Å²) in [5.41, 5.74) is 1.67. The van der Waals surface area contributed by atoms with Crippen molar-refractivity contribution in [3.63, 3.8) is 0 Å². The molecule has 0 saturated carbocycles. The van der Waals surface area contributed by atoms with Gasteiger partial charge in [0.1, 0.15) is 0 Å². The zero-order valence-electron chi connectivity index (χ0n) is 12.2. The summed E-state index contributed by atoms with van der Waals surface area (Å²) in [7, 11) is 0. The zero-order valence-corrected chi connectivity index (χ0v) is 12.2. The van der Waals surface area contributed by atoms with E-state index < -0.39 is 18.1 Å². The minimum atomic E-state index is -0.982. The van der Waals surface area contributed by atoms with Gasteiger partial charge in [-0.15, -0.1) is 0 Å². The smallest absolute Gasteiger partial charge is 0.231 e. The van der Waals surface area contributed by atoms with Crippen LogP contribution >= 0.6 is 0 Å². The number of nitrogens with zero attached hydrogens (tertiary/aromatic N) is 1. The van der Waals surface area contributed by atoms with Crippen LogP contribution in [0.1, 0.15) is 17.2 Å². The highest BCUT2D eigenvalue weighted by molar-refractivity contribution is 5.82. The first-order chi connectivity index (χ1) is 10.7. The molecular formula is C18H19NO3. The molecule has 22 heavy (non-hydrogen) atoms. The number of rotatable bonds is 4. The monoisotopic (exact) mass is 297 g/mol. The largest absolute Gasteiger partial charge is 0.390 e. The van der Waals surface area contributed by atoms with Crippen LogP contribution in [0.15, 0.2) is 60.7 Å². The maximum atomic E-state index is 12.5. The van der Waals surface area contributed by atoms with E-state index >= 15 is 0 Å². The molecule has 4 heteroatoms. The van der Waals surface area contributed by atoms with Crippen molar-refractivity contribution in [3.05, 3.63) is 71.8 Å². The van der Waals surface area contributed by atoms with Gasteiger partial charge in [0.25, 0.3) is 0 Å². The molecule has 2 aromatic rings. The Morgan fingerprint density at radius 2 is 1.64 bits per heavy atom. The van der Waals surface area contributed by atoms with Crippen molar-refractivity contribution in [3.8, 4) is 0 Å². The molecule has 1 heterocycles. The maximum Gasteiger partial charge on any atom is 0.231 e. The molecule has 114 valence electrons. The minimum absolute atomic E-state index is 0.201. The number of aliphatic hydroxyl groups is 2. The Kier molecular flexibility index (Phi) is 4.22. The summed E-state index contributed by atoms with van der Waals surface area (Å²) in [6, 6.07) is 18.7. The normalized spacial score (nSPS) is 22.8. The second-order valence-corrected chi connectivity index (χ2v) is 5.65. The number of amides is 1. The first-order valence-electron chi connectivity index (χ1n) is 7.40. The van der Waals surface area contributed by atoms with Crippen LogP contribution in [0.2, 0.25) is 0 Å². The third-order valence-electron chi connectivity index (χ3n) is 4.12. The molecule has 0 bridgehead atoms. The lowest BCUT2D eigenvalue weighted by molar-refractivity contribution is -0.135.